The molecule has 1 fully saturated rings. The first kappa shape index (κ1) is 18.0. The summed E-state index contributed by atoms with van der Waals surface area (Å²) in [6.45, 7) is 1.07. The monoisotopic (exact) mass is 365 g/mol. The number of nitrogens with zero attached hydrogens (tertiary/aromatic N) is 3. The van der Waals surface area contributed by atoms with Gasteiger partial charge < -0.3 is 16.0 Å². The Morgan fingerprint density at radius 1 is 1.12 bits per heavy atom. The van der Waals surface area contributed by atoms with E-state index >= 15 is 0 Å². The van der Waals surface area contributed by atoms with Gasteiger partial charge in [0.2, 0.25) is 11.9 Å². The molecular formula is C17H18F3N5O. The highest BCUT2D eigenvalue weighted by Crippen LogP contribution is 2.36. The van der Waals surface area contributed by atoms with Crippen LogP contribution in [0.3, 0.4) is 0 Å². The highest BCUT2D eigenvalue weighted by molar-refractivity contribution is 5.93. The maximum absolute atomic E-state index is 13.3. The van der Waals surface area contributed by atoms with E-state index in [4.69, 9.17) is 5.73 Å². The minimum absolute atomic E-state index is 0.0606. The molecule has 0 spiro atoms. The summed E-state index contributed by atoms with van der Waals surface area (Å²) in [7, 11) is 0. The van der Waals surface area contributed by atoms with Crippen molar-refractivity contribution in [1.29, 1.82) is 0 Å². The molecule has 26 heavy (non-hydrogen) atoms. The lowest BCUT2D eigenvalue weighted by Crippen LogP contribution is -2.32. The molecule has 0 saturated carbocycles. The number of benzene rings is 1. The first-order valence-corrected chi connectivity index (χ1v) is 8.20. The number of nitrogens with two attached hydrogens (primary N) is 1. The predicted molar refractivity (Wildman–Crippen MR) is 91.3 cm³/mol. The van der Waals surface area contributed by atoms with E-state index in [1.807, 2.05) is 0 Å². The van der Waals surface area contributed by atoms with Gasteiger partial charge in [0.15, 0.2) is 0 Å². The van der Waals surface area contributed by atoms with Crippen molar-refractivity contribution in [2.24, 2.45) is 5.73 Å². The molecule has 0 aliphatic carbocycles. The molecule has 3 N–H and O–H groups in total. The zero-order chi connectivity index (χ0) is 18.7. The SMILES string of the molecule is NC(=O)c1ccc(Nc2ncc(C(F)(F)F)c(N3CCCCC3)n2)cc1. The summed E-state index contributed by atoms with van der Waals surface area (Å²) in [6.07, 6.45) is -1.05. The Hall–Kier alpha value is -2.84. The molecule has 2 heterocycles. The lowest BCUT2D eigenvalue weighted by molar-refractivity contribution is -0.137. The number of carbonyl (C=O) groups is 1. The largest absolute Gasteiger partial charge is 0.421 e. The first-order chi connectivity index (χ1) is 12.3. The molecule has 0 atom stereocenters. The van der Waals surface area contributed by atoms with Crippen molar-refractivity contribution >= 4 is 23.4 Å². The minimum Gasteiger partial charge on any atom is -0.366 e. The standard InChI is InChI=1S/C17H18F3N5O/c18-17(19,20)13-10-22-16(24-15(13)25-8-2-1-3-9-25)23-12-6-4-11(5-7-12)14(21)26/h4-7,10H,1-3,8-9H2,(H2,21,26)(H,22,23,24). The Morgan fingerprint density at radius 3 is 2.35 bits per heavy atom. The second-order valence-corrected chi connectivity index (χ2v) is 6.04. The molecule has 1 amide bonds. The summed E-state index contributed by atoms with van der Waals surface area (Å²) in [5.41, 5.74) is 5.21. The highest BCUT2D eigenvalue weighted by atomic mass is 19.4. The second-order valence-electron chi connectivity index (χ2n) is 6.04. The fourth-order valence-corrected chi connectivity index (χ4v) is 2.83. The summed E-state index contributed by atoms with van der Waals surface area (Å²) >= 11 is 0. The Morgan fingerprint density at radius 2 is 1.77 bits per heavy atom. The molecule has 1 saturated heterocycles. The zero-order valence-corrected chi connectivity index (χ0v) is 13.9. The average Bonchev–Trinajstić information content (AvgIpc) is 2.62. The van der Waals surface area contributed by atoms with Gasteiger partial charge in [-0.3, -0.25) is 4.79 Å². The van der Waals surface area contributed by atoms with Gasteiger partial charge in [0.25, 0.3) is 0 Å². The van der Waals surface area contributed by atoms with E-state index in [-0.39, 0.29) is 11.8 Å². The Bertz CT molecular complexity index is 786. The van der Waals surface area contributed by atoms with Crippen LogP contribution in [0.1, 0.15) is 35.2 Å². The van der Waals surface area contributed by atoms with Crippen LogP contribution in [0.2, 0.25) is 0 Å². The third kappa shape index (κ3) is 4.04. The van der Waals surface area contributed by atoms with Crippen LogP contribution in [0.4, 0.5) is 30.6 Å². The fourth-order valence-electron chi connectivity index (χ4n) is 2.83. The van der Waals surface area contributed by atoms with Crippen LogP contribution in [0.15, 0.2) is 30.5 Å². The van der Waals surface area contributed by atoms with E-state index < -0.39 is 17.6 Å². The number of aromatic nitrogens is 2. The number of primary amides is 1. The molecule has 138 valence electrons. The summed E-state index contributed by atoms with van der Waals surface area (Å²) in [4.78, 5) is 20.6. The maximum atomic E-state index is 13.3. The van der Waals surface area contributed by atoms with Crippen molar-refractivity contribution in [2.75, 3.05) is 23.3 Å². The van der Waals surface area contributed by atoms with Gasteiger partial charge in [-0.1, -0.05) is 0 Å². The summed E-state index contributed by atoms with van der Waals surface area (Å²) < 4.78 is 39.9. The number of hydrogen-bond acceptors (Lipinski definition) is 5. The molecule has 1 aliphatic rings. The first-order valence-electron chi connectivity index (χ1n) is 8.20. The van der Waals surface area contributed by atoms with E-state index in [2.05, 4.69) is 15.3 Å². The van der Waals surface area contributed by atoms with Crippen molar-refractivity contribution in [3.05, 3.63) is 41.6 Å². The van der Waals surface area contributed by atoms with Gasteiger partial charge in [-0.25, -0.2) is 4.98 Å². The topological polar surface area (TPSA) is 84.1 Å². The number of nitrogens with one attached hydrogen (secondary N) is 1. The van der Waals surface area contributed by atoms with Crippen LogP contribution in [-0.4, -0.2) is 29.0 Å². The number of amides is 1. The molecule has 1 aromatic carbocycles. The van der Waals surface area contributed by atoms with Crippen molar-refractivity contribution in [3.63, 3.8) is 0 Å². The Kier molecular flexibility index (Phi) is 4.97. The van der Waals surface area contributed by atoms with Crippen molar-refractivity contribution < 1.29 is 18.0 Å². The number of halogens is 3. The Labute approximate surface area is 148 Å². The van der Waals surface area contributed by atoms with E-state index in [0.717, 1.165) is 25.5 Å². The lowest BCUT2D eigenvalue weighted by atomic mass is 10.1. The Balaban J connectivity index is 1.89. The molecule has 6 nitrogen and oxygen atoms in total. The highest BCUT2D eigenvalue weighted by Gasteiger charge is 2.37. The van der Waals surface area contributed by atoms with Gasteiger partial charge in [0.1, 0.15) is 11.4 Å². The second kappa shape index (κ2) is 7.19. The van der Waals surface area contributed by atoms with Crippen LogP contribution in [0.5, 0.6) is 0 Å². The van der Waals surface area contributed by atoms with Gasteiger partial charge in [0, 0.05) is 30.5 Å². The number of anilines is 3. The molecule has 9 heteroatoms. The zero-order valence-electron chi connectivity index (χ0n) is 13.9. The van der Waals surface area contributed by atoms with Gasteiger partial charge in [-0.05, 0) is 43.5 Å². The van der Waals surface area contributed by atoms with Gasteiger partial charge in [-0.15, -0.1) is 0 Å². The summed E-state index contributed by atoms with van der Waals surface area (Å²) in [5, 5.41) is 2.86. The van der Waals surface area contributed by atoms with Crippen molar-refractivity contribution in [1.82, 2.24) is 9.97 Å². The van der Waals surface area contributed by atoms with E-state index in [1.165, 1.54) is 12.1 Å². The molecule has 0 unspecified atom stereocenters. The third-order valence-electron chi connectivity index (χ3n) is 4.16. The lowest BCUT2D eigenvalue weighted by Gasteiger charge is -2.29. The summed E-state index contributed by atoms with van der Waals surface area (Å²) in [6, 6.07) is 6.20. The van der Waals surface area contributed by atoms with Crippen LogP contribution in [0.25, 0.3) is 0 Å². The predicted octanol–water partition coefficient (Wildman–Crippen LogP) is 3.33. The van der Waals surface area contributed by atoms with Crippen LogP contribution in [0, 0.1) is 0 Å². The molecule has 1 aromatic heterocycles. The molecule has 0 bridgehead atoms. The molecule has 3 rings (SSSR count). The van der Waals surface area contributed by atoms with Gasteiger partial charge >= 0.3 is 6.18 Å². The molecular weight excluding hydrogens is 347 g/mol. The number of alkyl halides is 3. The molecule has 0 radical (unpaired) electrons. The van der Waals surface area contributed by atoms with Crippen LogP contribution < -0.4 is 16.0 Å². The number of piperidine rings is 1. The van der Waals surface area contributed by atoms with Crippen LogP contribution in [-0.2, 0) is 6.18 Å². The van der Waals surface area contributed by atoms with E-state index in [1.54, 1.807) is 17.0 Å². The normalized spacial score (nSPS) is 15.0. The van der Waals surface area contributed by atoms with Crippen molar-refractivity contribution in [3.8, 4) is 0 Å². The smallest absolute Gasteiger partial charge is 0.366 e. The maximum Gasteiger partial charge on any atom is 0.421 e. The average molecular weight is 365 g/mol. The minimum atomic E-state index is -4.52. The fraction of sp³-hybridized carbons (Fsp3) is 0.353. The van der Waals surface area contributed by atoms with E-state index in [9.17, 15) is 18.0 Å². The summed E-state index contributed by atoms with van der Waals surface area (Å²) in [5.74, 6) is -0.608. The number of carbonyl (C=O) groups excluding carboxylic acids is 1. The van der Waals surface area contributed by atoms with Crippen LogP contribution >= 0.6 is 0 Å². The third-order valence-corrected chi connectivity index (χ3v) is 4.16. The van der Waals surface area contributed by atoms with Gasteiger partial charge in [-0.2, -0.15) is 18.2 Å². The number of hydrogen-bond donors (Lipinski definition) is 2. The number of rotatable bonds is 4. The quantitative estimate of drug-likeness (QED) is 0.868. The van der Waals surface area contributed by atoms with Crippen molar-refractivity contribution in [2.45, 2.75) is 25.4 Å². The molecule has 1 aliphatic heterocycles. The van der Waals surface area contributed by atoms with E-state index in [0.29, 0.717) is 24.3 Å². The van der Waals surface area contributed by atoms with Gasteiger partial charge in [0.05, 0.1) is 0 Å². The molecule has 2 aromatic rings.